The molecule has 0 aliphatic carbocycles. The average molecular weight is 326 g/mol. The maximum absolute atomic E-state index is 12.3. The number of carbonyl (C=O) groups excluding carboxylic acids is 1. The molecule has 0 saturated heterocycles. The molecule has 3 heterocycles. The summed E-state index contributed by atoms with van der Waals surface area (Å²) in [6.07, 6.45) is 1.60. The normalized spacial score (nSPS) is 11.2. The van der Waals surface area contributed by atoms with Crippen LogP contribution in [0.4, 0.5) is 0 Å². The van der Waals surface area contributed by atoms with Crippen molar-refractivity contribution in [2.45, 2.75) is 6.54 Å². The van der Waals surface area contributed by atoms with Gasteiger partial charge in [0.1, 0.15) is 16.7 Å². The number of nitrogens with one attached hydrogen (secondary N) is 3. The number of imidazole rings is 1. The van der Waals surface area contributed by atoms with E-state index in [1.807, 2.05) is 24.3 Å². The molecule has 1 aromatic carbocycles. The first-order chi connectivity index (χ1) is 11.2. The Morgan fingerprint density at radius 3 is 2.91 bits per heavy atom. The van der Waals surface area contributed by atoms with Crippen LogP contribution in [0.25, 0.3) is 21.9 Å². The smallest absolute Gasteiger partial charge is 0.268 e. The summed E-state index contributed by atoms with van der Waals surface area (Å²) in [7, 11) is 0. The largest absolute Gasteiger partial charge is 0.349 e. The first-order valence-electron chi connectivity index (χ1n) is 7.05. The molecule has 114 valence electrons. The molecular weight excluding hydrogens is 314 g/mol. The minimum absolute atomic E-state index is 0.210. The molecule has 0 atom stereocenters. The van der Waals surface area contributed by atoms with E-state index in [-0.39, 0.29) is 5.91 Å². The van der Waals surface area contributed by atoms with E-state index in [2.05, 4.69) is 25.3 Å². The van der Waals surface area contributed by atoms with Crippen molar-refractivity contribution in [2.75, 3.05) is 0 Å². The molecule has 0 saturated carbocycles. The second kappa shape index (κ2) is 5.40. The number of benzene rings is 1. The molecule has 4 rings (SSSR count). The minimum atomic E-state index is -0.210. The average Bonchev–Trinajstić information content (AvgIpc) is 3.15. The molecule has 1 amide bonds. The van der Waals surface area contributed by atoms with Gasteiger partial charge >= 0.3 is 0 Å². The van der Waals surface area contributed by atoms with Gasteiger partial charge in [-0.1, -0.05) is 23.7 Å². The quantitative estimate of drug-likeness (QED) is 0.506. The molecule has 0 aliphatic rings. The zero-order chi connectivity index (χ0) is 15.8. The van der Waals surface area contributed by atoms with Gasteiger partial charge in [0.25, 0.3) is 5.91 Å². The lowest BCUT2D eigenvalue weighted by Gasteiger charge is -2.00. The fraction of sp³-hybridized carbons (Fsp3) is 0.0625. The maximum atomic E-state index is 12.3. The summed E-state index contributed by atoms with van der Waals surface area (Å²) in [6.45, 7) is 0.321. The van der Waals surface area contributed by atoms with Crippen LogP contribution in [0.3, 0.4) is 0 Å². The lowest BCUT2D eigenvalue weighted by molar-refractivity contribution is 0.0946. The van der Waals surface area contributed by atoms with E-state index in [1.165, 1.54) is 0 Å². The SMILES string of the molecule is O=C(NCc1nc2ccccc2[nH]1)c1cc2cc(Cl)ncc2[nH]1. The molecule has 6 nitrogen and oxygen atoms in total. The zero-order valence-corrected chi connectivity index (χ0v) is 12.7. The van der Waals surface area contributed by atoms with Gasteiger partial charge in [-0.3, -0.25) is 4.79 Å². The summed E-state index contributed by atoms with van der Waals surface area (Å²) in [6, 6.07) is 11.2. The number of aromatic nitrogens is 4. The van der Waals surface area contributed by atoms with E-state index in [0.29, 0.717) is 23.2 Å². The monoisotopic (exact) mass is 325 g/mol. The molecule has 0 fully saturated rings. The first kappa shape index (κ1) is 13.8. The number of para-hydroxylation sites is 2. The molecule has 3 aromatic heterocycles. The lowest BCUT2D eigenvalue weighted by atomic mass is 10.3. The number of rotatable bonds is 3. The van der Waals surface area contributed by atoms with Gasteiger partial charge in [-0.2, -0.15) is 0 Å². The van der Waals surface area contributed by atoms with Gasteiger partial charge in [0.2, 0.25) is 0 Å². The number of pyridine rings is 1. The summed E-state index contributed by atoms with van der Waals surface area (Å²) in [5.74, 6) is 0.498. The number of aromatic amines is 2. The molecule has 4 aromatic rings. The molecule has 0 bridgehead atoms. The van der Waals surface area contributed by atoms with Crippen LogP contribution in [0.15, 0.2) is 42.6 Å². The van der Waals surface area contributed by atoms with Gasteiger partial charge in [-0.15, -0.1) is 0 Å². The van der Waals surface area contributed by atoms with Crippen LogP contribution < -0.4 is 5.32 Å². The van der Waals surface area contributed by atoms with Gasteiger partial charge in [-0.05, 0) is 24.3 Å². The topological polar surface area (TPSA) is 86.5 Å². The Kier molecular flexibility index (Phi) is 3.24. The van der Waals surface area contributed by atoms with Crippen molar-refractivity contribution in [1.29, 1.82) is 0 Å². The third-order valence-corrected chi connectivity index (χ3v) is 3.78. The Morgan fingerprint density at radius 1 is 1.17 bits per heavy atom. The summed E-state index contributed by atoms with van der Waals surface area (Å²) < 4.78 is 0. The fourth-order valence-electron chi connectivity index (χ4n) is 2.48. The predicted molar refractivity (Wildman–Crippen MR) is 88.4 cm³/mol. The highest BCUT2D eigenvalue weighted by atomic mass is 35.5. The van der Waals surface area contributed by atoms with Crippen LogP contribution in [-0.2, 0) is 6.54 Å². The Balaban J connectivity index is 1.52. The summed E-state index contributed by atoms with van der Waals surface area (Å²) in [5.41, 5.74) is 3.05. The zero-order valence-electron chi connectivity index (χ0n) is 11.9. The molecule has 3 N–H and O–H groups in total. The van der Waals surface area contributed by atoms with E-state index in [9.17, 15) is 4.79 Å². The van der Waals surface area contributed by atoms with Crippen molar-refractivity contribution < 1.29 is 4.79 Å². The number of nitrogens with zero attached hydrogens (tertiary/aromatic N) is 2. The summed E-state index contributed by atoms with van der Waals surface area (Å²) in [5, 5.41) is 4.07. The minimum Gasteiger partial charge on any atom is -0.349 e. The number of fused-ring (bicyclic) bond motifs is 2. The number of hydrogen-bond acceptors (Lipinski definition) is 3. The van der Waals surface area contributed by atoms with E-state index in [1.54, 1.807) is 18.3 Å². The van der Waals surface area contributed by atoms with Crippen molar-refractivity contribution >= 4 is 39.4 Å². The Bertz CT molecular complexity index is 987. The standard InChI is InChI=1S/C16H12ClN5O/c17-14-6-9-5-12(20-13(9)7-18-14)16(23)19-8-15-21-10-3-1-2-4-11(10)22-15/h1-7,20H,8H2,(H,19,23)(H,21,22). The van der Waals surface area contributed by atoms with Crippen molar-refractivity contribution in [3.8, 4) is 0 Å². The van der Waals surface area contributed by atoms with Crippen molar-refractivity contribution in [1.82, 2.24) is 25.3 Å². The van der Waals surface area contributed by atoms with Crippen LogP contribution >= 0.6 is 11.6 Å². The first-order valence-corrected chi connectivity index (χ1v) is 7.43. The molecule has 0 spiro atoms. The number of amides is 1. The molecular formula is C16H12ClN5O. The van der Waals surface area contributed by atoms with Crippen LogP contribution in [-0.4, -0.2) is 25.8 Å². The van der Waals surface area contributed by atoms with E-state index in [0.717, 1.165) is 21.9 Å². The molecule has 23 heavy (non-hydrogen) atoms. The van der Waals surface area contributed by atoms with E-state index >= 15 is 0 Å². The predicted octanol–water partition coefficient (Wildman–Crippen LogP) is 3.02. The number of halogens is 1. The van der Waals surface area contributed by atoms with Crippen molar-refractivity contribution in [3.63, 3.8) is 0 Å². The fourth-order valence-corrected chi connectivity index (χ4v) is 2.64. The van der Waals surface area contributed by atoms with Crippen LogP contribution in [0.5, 0.6) is 0 Å². The van der Waals surface area contributed by atoms with Crippen LogP contribution in [0, 0.1) is 0 Å². The molecule has 7 heteroatoms. The van der Waals surface area contributed by atoms with E-state index in [4.69, 9.17) is 11.6 Å². The van der Waals surface area contributed by atoms with Gasteiger partial charge in [0.15, 0.2) is 0 Å². The number of hydrogen-bond donors (Lipinski definition) is 3. The Hall–Kier alpha value is -2.86. The van der Waals surface area contributed by atoms with Gasteiger partial charge in [0.05, 0.1) is 29.3 Å². The summed E-state index contributed by atoms with van der Waals surface area (Å²) >= 11 is 5.85. The lowest BCUT2D eigenvalue weighted by Crippen LogP contribution is -2.23. The summed E-state index contributed by atoms with van der Waals surface area (Å²) in [4.78, 5) is 26.9. The molecule has 0 unspecified atom stereocenters. The third kappa shape index (κ3) is 2.64. The Morgan fingerprint density at radius 2 is 2.04 bits per heavy atom. The highest BCUT2D eigenvalue weighted by Crippen LogP contribution is 2.18. The van der Waals surface area contributed by atoms with Crippen LogP contribution in [0.1, 0.15) is 16.3 Å². The highest BCUT2D eigenvalue weighted by Gasteiger charge is 2.11. The van der Waals surface area contributed by atoms with Crippen LogP contribution in [0.2, 0.25) is 5.15 Å². The number of H-pyrrole nitrogens is 2. The number of carbonyl (C=O) groups is 1. The third-order valence-electron chi connectivity index (χ3n) is 3.57. The van der Waals surface area contributed by atoms with Crippen molar-refractivity contribution in [3.05, 3.63) is 59.3 Å². The van der Waals surface area contributed by atoms with Gasteiger partial charge in [-0.25, -0.2) is 9.97 Å². The van der Waals surface area contributed by atoms with Gasteiger partial charge in [0, 0.05) is 5.39 Å². The highest BCUT2D eigenvalue weighted by molar-refractivity contribution is 6.30. The second-order valence-corrected chi connectivity index (χ2v) is 5.55. The van der Waals surface area contributed by atoms with Crippen molar-refractivity contribution in [2.24, 2.45) is 0 Å². The molecule has 0 aliphatic heterocycles. The van der Waals surface area contributed by atoms with Gasteiger partial charge < -0.3 is 15.3 Å². The second-order valence-electron chi connectivity index (χ2n) is 5.16. The molecule has 0 radical (unpaired) electrons. The Labute approximate surface area is 135 Å². The van der Waals surface area contributed by atoms with E-state index < -0.39 is 0 Å². The maximum Gasteiger partial charge on any atom is 0.268 e.